The molecule has 118 valence electrons. The molecule has 1 aliphatic rings. The van der Waals surface area contributed by atoms with Crippen LogP contribution in [0.5, 0.6) is 0 Å². The summed E-state index contributed by atoms with van der Waals surface area (Å²) in [6, 6.07) is 0. The maximum Gasteiger partial charge on any atom is 0.338 e. The Morgan fingerprint density at radius 2 is 1.86 bits per heavy atom. The molecule has 0 unspecified atom stereocenters. The van der Waals surface area contributed by atoms with Crippen molar-refractivity contribution in [1.29, 1.82) is 0 Å². The van der Waals surface area contributed by atoms with E-state index < -0.39 is 31.0 Å². The van der Waals surface area contributed by atoms with Gasteiger partial charge in [-0.05, 0) is 19.4 Å². The van der Waals surface area contributed by atoms with E-state index in [1.807, 2.05) is 0 Å². The number of hydrogen-bond acceptors (Lipinski definition) is 6. The van der Waals surface area contributed by atoms with Gasteiger partial charge in [0.1, 0.15) is 6.16 Å². The highest BCUT2D eigenvalue weighted by atomic mass is 31.2. The van der Waals surface area contributed by atoms with Crippen LogP contribution in [0.4, 0.5) is 0 Å². The molecule has 0 aliphatic carbocycles. The molecule has 0 aromatic heterocycles. The summed E-state index contributed by atoms with van der Waals surface area (Å²) in [7, 11) is -3.74. The SMILES string of the molecule is C=CCOP(=O)(CC(=O)[C@@]1(C(=O)O)CCCN1)OCC=C. The van der Waals surface area contributed by atoms with Crippen LogP contribution in [-0.4, -0.2) is 48.3 Å². The molecule has 0 bridgehead atoms. The molecule has 7 nitrogen and oxygen atoms in total. The zero-order chi connectivity index (χ0) is 15.9. The van der Waals surface area contributed by atoms with Gasteiger partial charge in [-0.3, -0.25) is 14.7 Å². The van der Waals surface area contributed by atoms with Gasteiger partial charge in [0.25, 0.3) is 0 Å². The van der Waals surface area contributed by atoms with Crippen molar-refractivity contribution in [1.82, 2.24) is 5.32 Å². The van der Waals surface area contributed by atoms with Gasteiger partial charge in [-0.15, -0.1) is 13.2 Å². The predicted molar refractivity (Wildman–Crippen MR) is 77.4 cm³/mol. The summed E-state index contributed by atoms with van der Waals surface area (Å²) in [6.07, 6.45) is 2.85. The van der Waals surface area contributed by atoms with E-state index in [-0.39, 0.29) is 19.6 Å². The molecule has 1 atom stereocenters. The van der Waals surface area contributed by atoms with Crippen molar-refractivity contribution in [2.24, 2.45) is 0 Å². The number of carbonyl (C=O) groups excluding carboxylic acids is 1. The number of hydrogen-bond donors (Lipinski definition) is 2. The Bertz CT molecular complexity index is 453. The minimum Gasteiger partial charge on any atom is -0.480 e. The summed E-state index contributed by atoms with van der Waals surface area (Å²) in [5.41, 5.74) is -1.70. The predicted octanol–water partition coefficient (Wildman–Crippen LogP) is 1.36. The fourth-order valence-electron chi connectivity index (χ4n) is 2.06. The summed E-state index contributed by atoms with van der Waals surface area (Å²) >= 11 is 0. The van der Waals surface area contributed by atoms with Crippen LogP contribution in [0, 0.1) is 0 Å². The Morgan fingerprint density at radius 1 is 1.29 bits per heavy atom. The zero-order valence-corrected chi connectivity index (χ0v) is 12.6. The van der Waals surface area contributed by atoms with Crippen LogP contribution in [0.25, 0.3) is 0 Å². The summed E-state index contributed by atoms with van der Waals surface area (Å²) in [5.74, 6) is -1.98. The van der Waals surface area contributed by atoms with Gasteiger partial charge in [-0.2, -0.15) is 0 Å². The molecule has 0 radical (unpaired) electrons. The van der Waals surface area contributed by atoms with Crippen LogP contribution in [0.15, 0.2) is 25.3 Å². The monoisotopic (exact) mass is 317 g/mol. The number of carboxylic acids is 1. The van der Waals surface area contributed by atoms with Crippen LogP contribution in [0.1, 0.15) is 12.8 Å². The lowest BCUT2D eigenvalue weighted by Crippen LogP contribution is -2.55. The fourth-order valence-corrected chi connectivity index (χ4v) is 3.60. The molecule has 1 aliphatic heterocycles. The Kier molecular flexibility index (Phi) is 6.48. The molecule has 8 heteroatoms. The molecule has 1 fully saturated rings. The van der Waals surface area contributed by atoms with Gasteiger partial charge in [-0.25, -0.2) is 4.79 Å². The highest BCUT2D eigenvalue weighted by Gasteiger charge is 2.50. The number of Topliss-reactive ketones (excluding diaryl/α,β-unsaturated/α-hetero) is 1. The second-order valence-electron chi connectivity index (χ2n) is 4.60. The average molecular weight is 317 g/mol. The zero-order valence-electron chi connectivity index (χ0n) is 11.7. The van der Waals surface area contributed by atoms with Gasteiger partial charge < -0.3 is 14.2 Å². The van der Waals surface area contributed by atoms with Crippen LogP contribution in [-0.2, 0) is 23.2 Å². The van der Waals surface area contributed by atoms with E-state index in [4.69, 9.17) is 9.05 Å². The van der Waals surface area contributed by atoms with Crippen LogP contribution < -0.4 is 5.32 Å². The van der Waals surface area contributed by atoms with E-state index in [0.717, 1.165) is 0 Å². The average Bonchev–Trinajstić information content (AvgIpc) is 2.94. The highest BCUT2D eigenvalue weighted by molar-refractivity contribution is 7.54. The number of aliphatic carboxylic acids is 1. The van der Waals surface area contributed by atoms with Crippen molar-refractivity contribution in [3.63, 3.8) is 0 Å². The maximum absolute atomic E-state index is 12.5. The van der Waals surface area contributed by atoms with Crippen molar-refractivity contribution in [2.75, 3.05) is 25.9 Å². The molecule has 21 heavy (non-hydrogen) atoms. The van der Waals surface area contributed by atoms with Gasteiger partial charge in [-0.1, -0.05) is 12.2 Å². The van der Waals surface area contributed by atoms with E-state index in [0.29, 0.717) is 13.0 Å². The summed E-state index contributed by atoms with van der Waals surface area (Å²) in [4.78, 5) is 23.7. The van der Waals surface area contributed by atoms with Crippen molar-refractivity contribution in [3.8, 4) is 0 Å². The number of rotatable bonds is 10. The summed E-state index contributed by atoms with van der Waals surface area (Å²) < 4.78 is 22.6. The largest absolute Gasteiger partial charge is 0.480 e. The van der Waals surface area contributed by atoms with Gasteiger partial charge in [0, 0.05) is 0 Å². The first-order valence-electron chi connectivity index (χ1n) is 6.52. The molecular weight excluding hydrogens is 297 g/mol. The van der Waals surface area contributed by atoms with E-state index in [1.165, 1.54) is 12.2 Å². The van der Waals surface area contributed by atoms with Crippen molar-refractivity contribution < 1.29 is 28.3 Å². The molecule has 1 saturated heterocycles. The lowest BCUT2D eigenvalue weighted by atomic mass is 9.93. The van der Waals surface area contributed by atoms with Gasteiger partial charge in [0.2, 0.25) is 0 Å². The Hall–Kier alpha value is -1.27. The molecule has 1 heterocycles. The molecular formula is C13H20NO6P. The third-order valence-electron chi connectivity index (χ3n) is 3.11. The van der Waals surface area contributed by atoms with E-state index in [2.05, 4.69) is 18.5 Å². The number of nitrogens with one attached hydrogen (secondary N) is 1. The van der Waals surface area contributed by atoms with Crippen molar-refractivity contribution >= 4 is 19.3 Å². The third kappa shape index (κ3) is 4.35. The number of carbonyl (C=O) groups is 2. The quantitative estimate of drug-likeness (QED) is 0.356. The Labute approximate surface area is 123 Å². The third-order valence-corrected chi connectivity index (χ3v) is 4.87. The van der Waals surface area contributed by atoms with Gasteiger partial charge in [0.15, 0.2) is 11.3 Å². The number of carboxylic acid groups (broad SMARTS) is 1. The van der Waals surface area contributed by atoms with Crippen molar-refractivity contribution in [3.05, 3.63) is 25.3 Å². The molecule has 1 rings (SSSR count). The lowest BCUT2D eigenvalue weighted by Gasteiger charge is -2.25. The van der Waals surface area contributed by atoms with Crippen LogP contribution >= 0.6 is 7.60 Å². The standard InChI is InChI=1S/C13H20NO6P/c1-3-8-19-21(18,20-9-4-2)10-11(15)13(12(16)17)6-5-7-14-13/h3-4,14H,1-2,5-10H2,(H,16,17)/t13-/m1/s1. The first-order valence-corrected chi connectivity index (χ1v) is 8.24. The Morgan fingerprint density at radius 3 is 2.24 bits per heavy atom. The summed E-state index contributed by atoms with van der Waals surface area (Å²) in [5, 5.41) is 12.0. The molecule has 0 saturated carbocycles. The Balaban J connectivity index is 2.88. The molecule has 0 amide bonds. The normalized spacial score (nSPS) is 21.9. The maximum atomic E-state index is 12.5. The minimum absolute atomic E-state index is 0.0603. The molecule has 0 spiro atoms. The fraction of sp³-hybridized carbons (Fsp3) is 0.538. The first-order chi connectivity index (χ1) is 9.90. The lowest BCUT2D eigenvalue weighted by molar-refractivity contribution is -0.148. The van der Waals surface area contributed by atoms with Gasteiger partial charge >= 0.3 is 13.6 Å². The topological polar surface area (TPSA) is 102 Å². The smallest absolute Gasteiger partial charge is 0.338 e. The molecule has 0 aromatic carbocycles. The second kappa shape index (κ2) is 7.66. The second-order valence-corrected chi connectivity index (χ2v) is 6.66. The van der Waals surface area contributed by atoms with Crippen LogP contribution in [0.3, 0.4) is 0 Å². The van der Waals surface area contributed by atoms with Crippen LogP contribution in [0.2, 0.25) is 0 Å². The van der Waals surface area contributed by atoms with Gasteiger partial charge in [0.05, 0.1) is 13.2 Å². The van der Waals surface area contributed by atoms with Crippen molar-refractivity contribution in [2.45, 2.75) is 18.4 Å². The minimum atomic E-state index is -3.74. The number of ketones is 1. The first kappa shape index (κ1) is 17.8. The molecule has 2 N–H and O–H groups in total. The molecule has 0 aromatic rings. The highest BCUT2D eigenvalue weighted by Crippen LogP contribution is 2.49. The summed E-state index contributed by atoms with van der Waals surface area (Å²) in [6.45, 7) is 7.16. The van der Waals surface area contributed by atoms with E-state index in [9.17, 15) is 19.3 Å². The van der Waals surface area contributed by atoms with E-state index in [1.54, 1.807) is 0 Å². The van der Waals surface area contributed by atoms with E-state index >= 15 is 0 Å².